The Hall–Kier alpha value is -4.50. The molecule has 0 aliphatic carbocycles. The van der Waals surface area contributed by atoms with Crippen molar-refractivity contribution < 1.29 is 14.6 Å². The van der Waals surface area contributed by atoms with Crippen LogP contribution in [0.2, 0.25) is 0 Å². The number of aromatic nitrogens is 3. The molecule has 5 rings (SSSR count). The second kappa shape index (κ2) is 12.2. The fourth-order valence-corrected chi connectivity index (χ4v) is 4.48. The lowest BCUT2D eigenvalue weighted by Gasteiger charge is -2.12. The maximum Gasteiger partial charge on any atom is 0.335 e. The minimum absolute atomic E-state index is 0.257. The van der Waals surface area contributed by atoms with Crippen molar-refractivity contribution >= 4 is 44.8 Å². The van der Waals surface area contributed by atoms with Crippen molar-refractivity contribution in [2.45, 2.75) is 27.3 Å². The zero-order valence-electron chi connectivity index (χ0n) is 21.6. The molecule has 8 nitrogen and oxygen atoms in total. The van der Waals surface area contributed by atoms with E-state index in [-0.39, 0.29) is 5.56 Å². The molecular weight excluding hydrogens is 498 g/mol. The zero-order valence-corrected chi connectivity index (χ0v) is 22.5. The van der Waals surface area contributed by atoms with Crippen molar-refractivity contribution in [3.8, 4) is 17.1 Å². The average molecular weight is 528 g/mol. The SMILES string of the molecule is CC.COc1ccc(Nc2nc(-c3cccc(CNc4ccc(C(=O)O)cc4)c3)nc3scnc23)cc1C. The number of aryl methyl sites for hydroxylation is 1. The number of hydrogen-bond donors (Lipinski definition) is 3. The number of thiazole rings is 1. The second-order valence-corrected chi connectivity index (χ2v) is 8.98. The van der Waals surface area contributed by atoms with E-state index in [1.54, 1.807) is 36.9 Å². The Labute approximate surface area is 225 Å². The Morgan fingerprint density at radius 2 is 1.76 bits per heavy atom. The van der Waals surface area contributed by atoms with Crippen LogP contribution in [0.1, 0.15) is 35.3 Å². The highest BCUT2D eigenvalue weighted by Gasteiger charge is 2.13. The summed E-state index contributed by atoms with van der Waals surface area (Å²) >= 11 is 1.47. The van der Waals surface area contributed by atoms with Gasteiger partial charge in [0.25, 0.3) is 0 Å². The Bertz CT molecular complexity index is 1550. The van der Waals surface area contributed by atoms with Crippen molar-refractivity contribution in [3.05, 3.63) is 88.9 Å². The minimum atomic E-state index is -0.942. The highest BCUT2D eigenvalue weighted by Crippen LogP contribution is 2.30. The highest BCUT2D eigenvalue weighted by atomic mass is 32.1. The van der Waals surface area contributed by atoms with Crippen molar-refractivity contribution in [3.63, 3.8) is 0 Å². The smallest absolute Gasteiger partial charge is 0.335 e. The van der Waals surface area contributed by atoms with Gasteiger partial charge in [0.2, 0.25) is 0 Å². The van der Waals surface area contributed by atoms with E-state index in [2.05, 4.69) is 15.6 Å². The predicted molar refractivity (Wildman–Crippen MR) is 154 cm³/mol. The molecule has 0 aliphatic heterocycles. The van der Waals surface area contributed by atoms with E-state index in [4.69, 9.17) is 19.8 Å². The number of rotatable bonds is 8. The number of ether oxygens (including phenoxy) is 1. The van der Waals surface area contributed by atoms with Crippen LogP contribution in [-0.2, 0) is 6.54 Å². The quantitative estimate of drug-likeness (QED) is 0.195. The van der Waals surface area contributed by atoms with E-state index >= 15 is 0 Å². The lowest BCUT2D eigenvalue weighted by molar-refractivity contribution is 0.0697. The fourth-order valence-electron chi connectivity index (χ4n) is 3.83. The van der Waals surface area contributed by atoms with E-state index < -0.39 is 5.97 Å². The number of hydrogen-bond acceptors (Lipinski definition) is 8. The van der Waals surface area contributed by atoms with Gasteiger partial charge in [-0.3, -0.25) is 0 Å². The summed E-state index contributed by atoms with van der Waals surface area (Å²) in [6, 6.07) is 20.6. The zero-order chi connectivity index (χ0) is 27.1. The average Bonchev–Trinajstić information content (AvgIpc) is 3.43. The molecular formula is C29H29N5O3S. The second-order valence-electron chi connectivity index (χ2n) is 8.15. The van der Waals surface area contributed by atoms with Gasteiger partial charge in [-0.25, -0.2) is 19.7 Å². The van der Waals surface area contributed by atoms with Crippen LogP contribution >= 0.6 is 11.3 Å². The first-order valence-electron chi connectivity index (χ1n) is 12.2. The molecule has 0 aliphatic rings. The van der Waals surface area contributed by atoms with Gasteiger partial charge >= 0.3 is 5.97 Å². The fraction of sp³-hybridized carbons (Fsp3) is 0.172. The van der Waals surface area contributed by atoms with Crippen molar-refractivity contribution in [2.24, 2.45) is 0 Å². The lowest BCUT2D eigenvalue weighted by atomic mass is 10.1. The molecule has 2 aromatic heterocycles. The van der Waals surface area contributed by atoms with E-state index in [1.165, 1.54) is 11.3 Å². The van der Waals surface area contributed by atoms with Crippen molar-refractivity contribution in [1.82, 2.24) is 15.0 Å². The third-order valence-electron chi connectivity index (χ3n) is 5.67. The highest BCUT2D eigenvalue weighted by molar-refractivity contribution is 7.16. The first-order chi connectivity index (χ1) is 18.5. The third kappa shape index (κ3) is 6.07. The summed E-state index contributed by atoms with van der Waals surface area (Å²) in [5.41, 5.74) is 7.43. The van der Waals surface area contributed by atoms with Gasteiger partial charge in [-0.15, -0.1) is 11.3 Å². The summed E-state index contributed by atoms with van der Waals surface area (Å²) in [4.78, 5) is 25.9. The van der Waals surface area contributed by atoms with E-state index in [1.807, 2.05) is 63.2 Å². The van der Waals surface area contributed by atoms with Gasteiger partial charge in [0, 0.05) is 23.5 Å². The maximum atomic E-state index is 11.1. The Kier molecular flexibility index (Phi) is 8.50. The molecule has 0 saturated heterocycles. The normalized spacial score (nSPS) is 10.4. The van der Waals surface area contributed by atoms with Crippen molar-refractivity contribution in [2.75, 3.05) is 17.7 Å². The van der Waals surface area contributed by atoms with E-state index in [0.717, 1.165) is 44.2 Å². The van der Waals surface area contributed by atoms with Gasteiger partial charge in [0.05, 0.1) is 18.2 Å². The summed E-state index contributed by atoms with van der Waals surface area (Å²) < 4.78 is 5.37. The summed E-state index contributed by atoms with van der Waals surface area (Å²) in [5.74, 6) is 1.13. The number of methoxy groups -OCH3 is 1. The van der Waals surface area contributed by atoms with Gasteiger partial charge in [-0.05, 0) is 66.6 Å². The van der Waals surface area contributed by atoms with Gasteiger partial charge < -0.3 is 20.5 Å². The van der Waals surface area contributed by atoms with Crippen LogP contribution in [0.25, 0.3) is 21.7 Å². The maximum absolute atomic E-state index is 11.1. The number of carboxylic acid groups (broad SMARTS) is 1. The Morgan fingerprint density at radius 1 is 1.00 bits per heavy atom. The molecule has 194 valence electrons. The van der Waals surface area contributed by atoms with Gasteiger partial charge in [0.15, 0.2) is 11.6 Å². The molecule has 0 unspecified atom stereocenters. The molecule has 3 N–H and O–H groups in total. The third-order valence-corrected chi connectivity index (χ3v) is 6.39. The molecule has 3 aromatic carbocycles. The van der Waals surface area contributed by atoms with Crippen LogP contribution in [0.3, 0.4) is 0 Å². The molecule has 0 saturated carbocycles. The Morgan fingerprint density at radius 3 is 2.47 bits per heavy atom. The van der Waals surface area contributed by atoms with Crippen LogP contribution in [0.4, 0.5) is 17.2 Å². The molecule has 0 bridgehead atoms. The number of benzene rings is 3. The molecule has 5 aromatic rings. The summed E-state index contributed by atoms with van der Waals surface area (Å²) in [7, 11) is 1.66. The monoisotopic (exact) mass is 527 g/mol. The van der Waals surface area contributed by atoms with E-state index in [0.29, 0.717) is 18.2 Å². The van der Waals surface area contributed by atoms with E-state index in [9.17, 15) is 4.79 Å². The van der Waals surface area contributed by atoms with Crippen LogP contribution < -0.4 is 15.4 Å². The largest absolute Gasteiger partial charge is 0.496 e. The minimum Gasteiger partial charge on any atom is -0.496 e. The number of nitrogens with zero attached hydrogens (tertiary/aromatic N) is 3. The number of anilines is 3. The van der Waals surface area contributed by atoms with Gasteiger partial charge in [0.1, 0.15) is 16.1 Å². The molecule has 0 atom stereocenters. The van der Waals surface area contributed by atoms with Crippen LogP contribution in [0.15, 0.2) is 72.2 Å². The van der Waals surface area contributed by atoms with Crippen LogP contribution in [0, 0.1) is 6.92 Å². The first kappa shape index (κ1) is 26.6. The topological polar surface area (TPSA) is 109 Å². The van der Waals surface area contributed by atoms with Crippen LogP contribution in [0.5, 0.6) is 5.75 Å². The molecule has 0 radical (unpaired) electrons. The predicted octanol–water partition coefficient (Wildman–Crippen LogP) is 7.15. The first-order valence-corrected chi connectivity index (χ1v) is 13.1. The molecule has 0 spiro atoms. The number of nitrogens with one attached hydrogen (secondary N) is 2. The van der Waals surface area contributed by atoms with Crippen molar-refractivity contribution in [1.29, 1.82) is 0 Å². The van der Waals surface area contributed by atoms with Gasteiger partial charge in [-0.1, -0.05) is 32.0 Å². The van der Waals surface area contributed by atoms with Crippen LogP contribution in [-0.4, -0.2) is 33.1 Å². The number of aromatic carboxylic acids is 1. The molecule has 0 fully saturated rings. The molecule has 2 heterocycles. The summed E-state index contributed by atoms with van der Waals surface area (Å²) in [6.45, 7) is 6.56. The summed E-state index contributed by atoms with van der Waals surface area (Å²) in [5, 5.41) is 15.8. The number of fused-ring (bicyclic) bond motifs is 1. The Balaban J connectivity index is 0.00000164. The molecule has 38 heavy (non-hydrogen) atoms. The van der Waals surface area contributed by atoms with Gasteiger partial charge in [-0.2, -0.15) is 0 Å². The molecule has 9 heteroatoms. The standard InChI is InChI=1S/C27H23N5O3S.C2H6/c1-16-12-21(10-11-22(16)35-2)30-25-23-26(36-15-29-23)32-24(31-25)19-5-3-4-17(13-19)14-28-20-8-6-18(7-9-20)27(33)34;1-2/h3-13,15,28H,14H2,1-2H3,(H,33,34)(H,30,31,32);1-2H3. The number of carboxylic acids is 1. The number of carbonyl (C=O) groups is 1. The lowest BCUT2D eigenvalue weighted by Crippen LogP contribution is -2.02. The summed E-state index contributed by atoms with van der Waals surface area (Å²) in [6.07, 6.45) is 0. The molecule has 0 amide bonds.